The minimum atomic E-state index is -0.0634. The minimum Gasteiger partial charge on any atom is -0.337 e. The average molecular weight is 270 g/mol. The van der Waals surface area contributed by atoms with E-state index in [1.807, 2.05) is 37.4 Å². The SMILES string of the molecule is CC(C1CC1)N(C)C(=O)c1cnn(-c2ccccc2)n1. The van der Waals surface area contributed by atoms with Gasteiger partial charge < -0.3 is 4.90 Å². The van der Waals surface area contributed by atoms with Crippen LogP contribution < -0.4 is 0 Å². The Morgan fingerprint density at radius 3 is 2.70 bits per heavy atom. The van der Waals surface area contributed by atoms with Crippen molar-refractivity contribution in [1.29, 1.82) is 0 Å². The number of carbonyl (C=O) groups excluding carboxylic acids is 1. The smallest absolute Gasteiger partial charge is 0.276 e. The number of aromatic nitrogens is 3. The van der Waals surface area contributed by atoms with E-state index < -0.39 is 0 Å². The molecule has 1 atom stereocenters. The van der Waals surface area contributed by atoms with Gasteiger partial charge in [0.25, 0.3) is 5.91 Å². The van der Waals surface area contributed by atoms with Crippen LogP contribution in [0.5, 0.6) is 0 Å². The number of amides is 1. The molecule has 104 valence electrons. The van der Waals surface area contributed by atoms with E-state index in [0.29, 0.717) is 11.6 Å². The van der Waals surface area contributed by atoms with E-state index >= 15 is 0 Å². The monoisotopic (exact) mass is 270 g/mol. The van der Waals surface area contributed by atoms with Crippen LogP contribution in [0, 0.1) is 5.92 Å². The first-order valence-corrected chi connectivity index (χ1v) is 6.92. The zero-order chi connectivity index (χ0) is 14.1. The molecule has 1 aliphatic carbocycles. The molecule has 1 amide bonds. The zero-order valence-electron chi connectivity index (χ0n) is 11.7. The molecule has 1 saturated carbocycles. The Kier molecular flexibility index (Phi) is 3.26. The lowest BCUT2D eigenvalue weighted by molar-refractivity contribution is 0.0721. The van der Waals surface area contributed by atoms with Crippen molar-refractivity contribution in [2.75, 3.05) is 7.05 Å². The van der Waals surface area contributed by atoms with Crippen molar-refractivity contribution in [2.45, 2.75) is 25.8 Å². The van der Waals surface area contributed by atoms with Gasteiger partial charge in [-0.2, -0.15) is 9.90 Å². The third-order valence-corrected chi connectivity index (χ3v) is 3.93. The third kappa shape index (κ3) is 2.43. The van der Waals surface area contributed by atoms with Crippen LogP contribution in [0.3, 0.4) is 0 Å². The molecule has 5 heteroatoms. The Morgan fingerprint density at radius 2 is 2.05 bits per heavy atom. The van der Waals surface area contributed by atoms with E-state index in [0.717, 1.165) is 5.69 Å². The molecule has 1 heterocycles. The van der Waals surface area contributed by atoms with E-state index in [4.69, 9.17) is 0 Å². The Hall–Kier alpha value is -2.17. The van der Waals surface area contributed by atoms with Crippen LogP contribution in [-0.2, 0) is 0 Å². The molecule has 20 heavy (non-hydrogen) atoms. The summed E-state index contributed by atoms with van der Waals surface area (Å²) in [6.45, 7) is 2.09. The summed E-state index contributed by atoms with van der Waals surface area (Å²) in [5.41, 5.74) is 1.24. The van der Waals surface area contributed by atoms with Crippen molar-refractivity contribution in [1.82, 2.24) is 19.9 Å². The minimum absolute atomic E-state index is 0.0634. The Bertz CT molecular complexity index is 603. The molecule has 1 unspecified atom stereocenters. The van der Waals surface area contributed by atoms with Gasteiger partial charge in [0.1, 0.15) is 0 Å². The van der Waals surface area contributed by atoms with Gasteiger partial charge in [-0.15, -0.1) is 5.10 Å². The van der Waals surface area contributed by atoms with Crippen LogP contribution in [0.25, 0.3) is 5.69 Å². The van der Waals surface area contributed by atoms with Gasteiger partial charge in [-0.05, 0) is 37.8 Å². The highest BCUT2D eigenvalue weighted by Gasteiger charge is 2.33. The molecule has 1 fully saturated rings. The largest absolute Gasteiger partial charge is 0.337 e. The van der Waals surface area contributed by atoms with Gasteiger partial charge in [0.15, 0.2) is 5.69 Å². The molecular formula is C15H18N4O. The van der Waals surface area contributed by atoms with Gasteiger partial charge in [0, 0.05) is 13.1 Å². The fraction of sp³-hybridized carbons (Fsp3) is 0.400. The summed E-state index contributed by atoms with van der Waals surface area (Å²) in [7, 11) is 1.84. The summed E-state index contributed by atoms with van der Waals surface area (Å²) in [5, 5.41) is 8.45. The molecule has 3 rings (SSSR count). The maximum atomic E-state index is 12.4. The number of para-hydroxylation sites is 1. The topological polar surface area (TPSA) is 51.0 Å². The molecule has 0 aliphatic heterocycles. The van der Waals surface area contributed by atoms with Crippen molar-refractivity contribution < 1.29 is 4.79 Å². The Balaban J connectivity index is 1.77. The highest BCUT2D eigenvalue weighted by Crippen LogP contribution is 2.34. The van der Waals surface area contributed by atoms with Crippen molar-refractivity contribution in [3.63, 3.8) is 0 Å². The number of nitrogens with zero attached hydrogens (tertiary/aromatic N) is 4. The molecule has 1 aromatic heterocycles. The lowest BCUT2D eigenvalue weighted by Gasteiger charge is -2.23. The van der Waals surface area contributed by atoms with E-state index in [-0.39, 0.29) is 11.9 Å². The van der Waals surface area contributed by atoms with Gasteiger partial charge in [-0.1, -0.05) is 18.2 Å². The molecule has 0 spiro atoms. The number of hydrogen-bond acceptors (Lipinski definition) is 3. The van der Waals surface area contributed by atoms with Crippen molar-refractivity contribution in [3.8, 4) is 5.69 Å². The van der Waals surface area contributed by atoms with Crippen LogP contribution in [0.4, 0.5) is 0 Å². The zero-order valence-corrected chi connectivity index (χ0v) is 11.7. The van der Waals surface area contributed by atoms with E-state index in [2.05, 4.69) is 17.1 Å². The quantitative estimate of drug-likeness (QED) is 0.855. The third-order valence-electron chi connectivity index (χ3n) is 3.93. The lowest BCUT2D eigenvalue weighted by atomic mass is 10.2. The summed E-state index contributed by atoms with van der Waals surface area (Å²) in [5.74, 6) is 0.583. The summed E-state index contributed by atoms with van der Waals surface area (Å²) in [6, 6.07) is 9.85. The Labute approximate surface area is 118 Å². The van der Waals surface area contributed by atoms with Gasteiger partial charge in [-0.3, -0.25) is 4.79 Å². The molecular weight excluding hydrogens is 252 g/mol. The highest BCUT2D eigenvalue weighted by molar-refractivity contribution is 5.92. The summed E-state index contributed by atoms with van der Waals surface area (Å²) < 4.78 is 0. The van der Waals surface area contributed by atoms with E-state index in [1.54, 1.807) is 4.90 Å². The summed E-state index contributed by atoms with van der Waals surface area (Å²) >= 11 is 0. The second-order valence-electron chi connectivity index (χ2n) is 5.35. The van der Waals surface area contributed by atoms with Crippen molar-refractivity contribution in [3.05, 3.63) is 42.2 Å². The van der Waals surface area contributed by atoms with Crippen LogP contribution in [-0.4, -0.2) is 38.9 Å². The van der Waals surface area contributed by atoms with Crippen molar-refractivity contribution >= 4 is 5.91 Å². The molecule has 1 aromatic carbocycles. The first-order valence-electron chi connectivity index (χ1n) is 6.92. The second kappa shape index (κ2) is 5.07. The van der Waals surface area contributed by atoms with Crippen molar-refractivity contribution in [2.24, 2.45) is 5.92 Å². The van der Waals surface area contributed by atoms with Gasteiger partial charge in [0.2, 0.25) is 0 Å². The van der Waals surface area contributed by atoms with Gasteiger partial charge >= 0.3 is 0 Å². The molecule has 2 aromatic rings. The number of carbonyl (C=O) groups is 1. The van der Waals surface area contributed by atoms with E-state index in [1.165, 1.54) is 23.8 Å². The molecule has 0 radical (unpaired) electrons. The standard InChI is InChI=1S/C15H18N4O/c1-11(12-8-9-12)18(2)15(20)14-10-16-19(17-14)13-6-4-3-5-7-13/h3-7,10-12H,8-9H2,1-2H3. The fourth-order valence-electron chi connectivity index (χ4n) is 2.31. The summed E-state index contributed by atoms with van der Waals surface area (Å²) in [6.07, 6.45) is 3.97. The first-order chi connectivity index (χ1) is 9.66. The summed E-state index contributed by atoms with van der Waals surface area (Å²) in [4.78, 5) is 15.6. The average Bonchev–Trinajstić information content (AvgIpc) is 3.22. The number of hydrogen-bond donors (Lipinski definition) is 0. The first kappa shape index (κ1) is 12.8. The second-order valence-corrected chi connectivity index (χ2v) is 5.35. The fourth-order valence-corrected chi connectivity index (χ4v) is 2.31. The molecule has 1 aliphatic rings. The Morgan fingerprint density at radius 1 is 1.35 bits per heavy atom. The normalized spacial score (nSPS) is 15.9. The lowest BCUT2D eigenvalue weighted by Crippen LogP contribution is -2.36. The van der Waals surface area contributed by atoms with E-state index in [9.17, 15) is 4.79 Å². The van der Waals surface area contributed by atoms with Gasteiger partial charge in [0.05, 0.1) is 11.9 Å². The molecule has 0 N–H and O–H groups in total. The maximum Gasteiger partial charge on any atom is 0.276 e. The predicted molar refractivity (Wildman–Crippen MR) is 75.6 cm³/mol. The molecule has 0 saturated heterocycles. The van der Waals surface area contributed by atoms with Crippen LogP contribution in [0.1, 0.15) is 30.3 Å². The molecule has 5 nitrogen and oxygen atoms in total. The highest BCUT2D eigenvalue weighted by atomic mass is 16.2. The van der Waals surface area contributed by atoms with Crippen LogP contribution >= 0.6 is 0 Å². The van der Waals surface area contributed by atoms with Crippen LogP contribution in [0.15, 0.2) is 36.5 Å². The molecule has 0 bridgehead atoms. The van der Waals surface area contributed by atoms with Crippen LogP contribution in [0.2, 0.25) is 0 Å². The maximum absolute atomic E-state index is 12.4. The number of rotatable bonds is 4. The number of benzene rings is 1. The predicted octanol–water partition coefficient (Wildman–Crippen LogP) is 2.14. The van der Waals surface area contributed by atoms with Gasteiger partial charge in [-0.25, -0.2) is 0 Å².